The number of carboxylic acid groups (broad SMARTS) is 1. The summed E-state index contributed by atoms with van der Waals surface area (Å²) >= 11 is 0. The highest BCUT2D eigenvalue weighted by molar-refractivity contribution is 7.89. The highest BCUT2D eigenvalue weighted by Gasteiger charge is 2.37. The maximum Gasteiger partial charge on any atom is 0.404 e. The molecule has 0 unspecified atom stereocenters. The van der Waals surface area contributed by atoms with Gasteiger partial charge in [0.15, 0.2) is 19.8 Å². The fourth-order valence-corrected chi connectivity index (χ4v) is 7.64. The van der Waals surface area contributed by atoms with E-state index in [4.69, 9.17) is 13.9 Å². The zero-order valence-corrected chi connectivity index (χ0v) is 28.9. The van der Waals surface area contributed by atoms with E-state index >= 15 is 0 Å². The van der Waals surface area contributed by atoms with Crippen molar-refractivity contribution < 1.29 is 37.3 Å². The third-order valence-corrected chi connectivity index (χ3v) is 14.9. The lowest BCUT2D eigenvalue weighted by molar-refractivity contribution is 0.0901. The number of nitrogens with one attached hydrogen (secondary N) is 1. The zero-order valence-electron chi connectivity index (χ0n) is 27.1. The molecule has 2 atom stereocenters. The largest absolute Gasteiger partial charge is 0.465 e. The van der Waals surface area contributed by atoms with Gasteiger partial charge in [0.05, 0.1) is 17.0 Å². The smallest absolute Gasteiger partial charge is 0.404 e. The molecule has 0 radical (unpaired) electrons. The van der Waals surface area contributed by atoms with E-state index in [0.717, 1.165) is 24.8 Å². The monoisotopic (exact) mass is 650 g/mol. The number of aliphatic hydroxyl groups excluding tert-OH is 1. The maximum atomic E-state index is 14.1. The van der Waals surface area contributed by atoms with Gasteiger partial charge >= 0.3 is 6.09 Å². The van der Waals surface area contributed by atoms with Gasteiger partial charge in [0.25, 0.3) is 0 Å². The number of carbonyl (C=O) groups is 1. The highest BCUT2D eigenvalue weighted by atomic mass is 32.2. The van der Waals surface area contributed by atoms with Crippen molar-refractivity contribution in [2.75, 3.05) is 26.5 Å². The van der Waals surface area contributed by atoms with Crippen LogP contribution in [0.2, 0.25) is 18.1 Å². The van der Waals surface area contributed by atoms with Gasteiger partial charge in [-0.3, -0.25) is 0 Å². The van der Waals surface area contributed by atoms with E-state index in [0.29, 0.717) is 18.1 Å². The Kier molecular flexibility index (Phi) is 11.9. The Balaban J connectivity index is 1.79. The number of benzene rings is 2. The Labute approximate surface area is 263 Å². The first-order valence-electron chi connectivity index (χ1n) is 15.2. The minimum atomic E-state index is -4.11. The van der Waals surface area contributed by atoms with Crippen LogP contribution in [0.5, 0.6) is 11.5 Å². The van der Waals surface area contributed by atoms with Crippen molar-refractivity contribution in [1.29, 1.82) is 0 Å². The Bertz CT molecular complexity index is 1350. The van der Waals surface area contributed by atoms with E-state index in [1.165, 1.54) is 16.4 Å². The van der Waals surface area contributed by atoms with Crippen molar-refractivity contribution in [2.24, 2.45) is 5.41 Å². The molecule has 12 heteroatoms. The molecule has 0 saturated carbocycles. The molecule has 1 amide bonds. The van der Waals surface area contributed by atoms with Crippen LogP contribution < -0.4 is 14.8 Å². The van der Waals surface area contributed by atoms with Crippen molar-refractivity contribution in [2.45, 2.75) is 95.5 Å². The van der Waals surface area contributed by atoms with Gasteiger partial charge in [-0.25, -0.2) is 13.2 Å². The number of ether oxygens (including phenoxy) is 2. The molecular formula is C32H50N2O8SSi. The van der Waals surface area contributed by atoms with Crippen molar-refractivity contribution in [3.8, 4) is 11.5 Å². The molecule has 10 nitrogen and oxygen atoms in total. The molecule has 1 heterocycles. The molecule has 2 aromatic rings. The van der Waals surface area contributed by atoms with Crippen LogP contribution in [0.15, 0.2) is 53.4 Å². The number of aliphatic hydroxyl groups is 1. The van der Waals surface area contributed by atoms with Crippen LogP contribution in [0.25, 0.3) is 0 Å². The summed E-state index contributed by atoms with van der Waals surface area (Å²) in [6, 6.07) is 12.7. The van der Waals surface area contributed by atoms with Crippen LogP contribution in [-0.2, 0) is 20.9 Å². The summed E-state index contributed by atoms with van der Waals surface area (Å²) < 4.78 is 46.6. The Morgan fingerprint density at radius 3 is 2.34 bits per heavy atom. The van der Waals surface area contributed by atoms with Crippen molar-refractivity contribution in [1.82, 2.24) is 9.62 Å². The first-order chi connectivity index (χ1) is 20.4. The quantitative estimate of drug-likeness (QED) is 0.152. The second-order valence-corrected chi connectivity index (χ2v) is 20.6. The topological polar surface area (TPSA) is 135 Å². The normalized spacial score (nSPS) is 15.3. The van der Waals surface area contributed by atoms with E-state index in [1.54, 1.807) is 6.07 Å². The van der Waals surface area contributed by atoms with Gasteiger partial charge in [-0.1, -0.05) is 71.4 Å². The van der Waals surface area contributed by atoms with Crippen LogP contribution in [0.3, 0.4) is 0 Å². The summed E-state index contributed by atoms with van der Waals surface area (Å²) in [5, 5.41) is 23.4. The van der Waals surface area contributed by atoms with Crippen LogP contribution in [0.4, 0.5) is 4.79 Å². The predicted molar refractivity (Wildman–Crippen MR) is 173 cm³/mol. The number of rotatable bonds is 16. The lowest BCUT2D eigenvalue weighted by atomic mass is 9.87. The molecule has 0 aromatic heterocycles. The molecule has 0 bridgehead atoms. The number of sulfonamides is 1. The van der Waals surface area contributed by atoms with E-state index in [-0.39, 0.29) is 36.2 Å². The fraction of sp³-hybridized carbons (Fsp3) is 0.594. The summed E-state index contributed by atoms with van der Waals surface area (Å²) in [4.78, 5) is 11.7. The number of hydrogen-bond acceptors (Lipinski definition) is 7. The fourth-order valence-electron chi connectivity index (χ4n) is 4.89. The molecule has 0 saturated heterocycles. The Morgan fingerprint density at radius 2 is 1.70 bits per heavy atom. The minimum Gasteiger partial charge on any atom is -0.465 e. The average molecular weight is 651 g/mol. The van der Waals surface area contributed by atoms with Gasteiger partial charge in [0.2, 0.25) is 16.8 Å². The zero-order chi connectivity index (χ0) is 32.8. The van der Waals surface area contributed by atoms with Crippen molar-refractivity contribution >= 4 is 24.4 Å². The summed E-state index contributed by atoms with van der Waals surface area (Å²) in [7, 11) is -5.96. The standard InChI is InChI=1S/C32H50N2O8SSi/c1-31(2,3)44(6,7)42-18-12-11-17-32(4,5)22-34(43(38,39)25-15-16-28-29(20-25)41-23-40-28)21-27(35)26(33-30(36)37)19-24-13-9-8-10-14-24/h8-10,13-16,20,26-27,33,35H,11-12,17-19,21-23H2,1-7H3,(H,36,37)/t26-,27+/m0/s1. The van der Waals surface area contributed by atoms with E-state index in [2.05, 4.69) is 39.2 Å². The lowest BCUT2D eigenvalue weighted by Crippen LogP contribution is -2.51. The Morgan fingerprint density at radius 1 is 1.05 bits per heavy atom. The average Bonchev–Trinajstić information content (AvgIpc) is 3.40. The maximum absolute atomic E-state index is 14.1. The van der Waals surface area contributed by atoms with Crippen molar-refractivity contribution in [3.05, 3.63) is 54.1 Å². The summed E-state index contributed by atoms with van der Waals surface area (Å²) in [5.74, 6) is 0.798. The molecule has 3 N–H and O–H groups in total. The van der Waals surface area contributed by atoms with E-state index < -0.39 is 42.0 Å². The molecule has 0 aliphatic carbocycles. The molecule has 1 aliphatic heterocycles. The summed E-state index contributed by atoms with van der Waals surface area (Å²) in [6.07, 6.45) is 0.0234. The molecule has 44 heavy (non-hydrogen) atoms. The number of hydrogen-bond donors (Lipinski definition) is 3. The molecule has 246 valence electrons. The number of fused-ring (bicyclic) bond motifs is 1. The van der Waals surface area contributed by atoms with Gasteiger partial charge in [-0.15, -0.1) is 0 Å². The molecule has 0 fully saturated rings. The lowest BCUT2D eigenvalue weighted by Gasteiger charge is -2.36. The number of nitrogens with zero attached hydrogens (tertiary/aromatic N) is 1. The van der Waals surface area contributed by atoms with Gasteiger partial charge in [0, 0.05) is 25.8 Å². The Hall–Kier alpha value is -2.64. The second kappa shape index (κ2) is 14.6. The van der Waals surface area contributed by atoms with Crippen LogP contribution >= 0.6 is 0 Å². The van der Waals surface area contributed by atoms with Gasteiger partial charge < -0.3 is 29.4 Å². The molecule has 2 aromatic carbocycles. The number of unbranched alkanes of at least 4 members (excludes halogenated alkanes) is 1. The van der Waals surface area contributed by atoms with E-state index in [9.17, 15) is 23.4 Å². The highest BCUT2D eigenvalue weighted by Crippen LogP contribution is 2.37. The third-order valence-electron chi connectivity index (χ3n) is 8.57. The molecule has 0 spiro atoms. The molecule has 3 rings (SSSR count). The molecule has 1 aliphatic rings. The first-order valence-corrected chi connectivity index (χ1v) is 19.5. The second-order valence-electron chi connectivity index (χ2n) is 13.9. The van der Waals surface area contributed by atoms with Crippen LogP contribution in [0, 0.1) is 5.41 Å². The third kappa shape index (κ3) is 9.93. The minimum absolute atomic E-state index is 0.00938. The molecular weight excluding hydrogens is 601 g/mol. The van der Waals surface area contributed by atoms with Gasteiger partial charge in [0.1, 0.15) is 0 Å². The van der Waals surface area contributed by atoms with E-state index in [1.807, 2.05) is 44.2 Å². The van der Waals surface area contributed by atoms with Gasteiger partial charge in [-0.2, -0.15) is 4.31 Å². The van der Waals surface area contributed by atoms with Crippen LogP contribution in [-0.4, -0.2) is 76.0 Å². The van der Waals surface area contributed by atoms with Crippen molar-refractivity contribution in [3.63, 3.8) is 0 Å². The summed E-state index contributed by atoms with van der Waals surface area (Å²) in [6.45, 7) is 15.6. The first kappa shape index (κ1) is 35.8. The van der Waals surface area contributed by atoms with Gasteiger partial charge in [-0.05, 0) is 60.5 Å². The van der Waals surface area contributed by atoms with Crippen LogP contribution in [0.1, 0.15) is 59.4 Å². The SMILES string of the molecule is CC(C)(CCCCO[Si](C)(C)C(C)(C)C)CN(C[C@@H](O)[C@H](Cc1ccccc1)NC(=O)O)S(=O)(=O)c1ccc2c(c1)OCO2. The summed E-state index contributed by atoms with van der Waals surface area (Å²) in [5.41, 5.74) is 0.366. The number of amides is 1. The predicted octanol–water partition coefficient (Wildman–Crippen LogP) is 5.86.